The fraction of sp³-hybridized carbons (Fsp3) is 0.273. The van der Waals surface area contributed by atoms with Crippen LogP contribution in [0.5, 0.6) is 5.75 Å². The molecule has 1 aliphatic heterocycles. The number of thiophene rings is 1. The number of ether oxygens (including phenoxy) is 1. The van der Waals surface area contributed by atoms with Crippen molar-refractivity contribution in [1.29, 1.82) is 0 Å². The molecule has 2 heterocycles. The molecule has 0 spiro atoms. The normalized spacial score (nSPS) is 18.8. The van der Waals surface area contributed by atoms with E-state index in [0.29, 0.717) is 28.4 Å². The summed E-state index contributed by atoms with van der Waals surface area (Å²) in [5.74, 6) is 0.350. The minimum absolute atomic E-state index is 0.0863. The Morgan fingerprint density at radius 3 is 2.44 bits per heavy atom. The second-order valence-electron chi connectivity index (χ2n) is 8.06. The highest BCUT2D eigenvalue weighted by molar-refractivity contribution is 7.94. The smallest absolute Gasteiger partial charge is 0.416 e. The van der Waals surface area contributed by atoms with Gasteiger partial charge in [-0.1, -0.05) is 35.3 Å². The van der Waals surface area contributed by atoms with E-state index in [1.165, 1.54) is 36.4 Å². The van der Waals surface area contributed by atoms with E-state index >= 15 is 0 Å². The van der Waals surface area contributed by atoms with Crippen LogP contribution in [0.1, 0.15) is 18.9 Å². The lowest BCUT2D eigenvalue weighted by atomic mass is 10.1. The van der Waals surface area contributed by atoms with E-state index in [-0.39, 0.29) is 14.2 Å². The van der Waals surface area contributed by atoms with Crippen molar-refractivity contribution in [3.8, 4) is 16.9 Å². The zero-order chi connectivity index (χ0) is 24.7. The Morgan fingerprint density at radius 1 is 1.12 bits per heavy atom. The Bertz CT molecular complexity index is 1300. The van der Waals surface area contributed by atoms with Gasteiger partial charge in [0.1, 0.15) is 19.9 Å². The number of halogens is 5. The number of hydrogen-bond donors (Lipinski definition) is 2. The predicted molar refractivity (Wildman–Crippen MR) is 129 cm³/mol. The molecule has 12 heteroatoms. The molecule has 0 bridgehead atoms. The third kappa shape index (κ3) is 5.46. The van der Waals surface area contributed by atoms with Crippen LogP contribution in [0.25, 0.3) is 11.1 Å². The molecule has 34 heavy (non-hydrogen) atoms. The van der Waals surface area contributed by atoms with Crippen molar-refractivity contribution in [2.45, 2.75) is 29.3 Å². The van der Waals surface area contributed by atoms with Gasteiger partial charge < -0.3 is 10.1 Å². The van der Waals surface area contributed by atoms with Crippen LogP contribution in [0, 0.1) is 0 Å². The standard InChI is InChI=1S/C22H19Cl2F3N2O3S2/c1-21(8-9-28-12-21)32-18-10-15(6-7-17(18)23)29-34(30,31)19-11-16(20(24)33-19)13-2-4-14(5-3-13)22(25,26)27/h2-7,10-11,28-29H,8-9,12H2,1H3/t21-/m1/s1. The highest BCUT2D eigenvalue weighted by Crippen LogP contribution is 2.40. The molecule has 2 N–H and O–H groups in total. The summed E-state index contributed by atoms with van der Waals surface area (Å²) in [6.07, 6.45) is -3.69. The van der Waals surface area contributed by atoms with Crippen molar-refractivity contribution < 1.29 is 26.3 Å². The summed E-state index contributed by atoms with van der Waals surface area (Å²) >= 11 is 13.3. The van der Waals surface area contributed by atoms with Crippen molar-refractivity contribution >= 4 is 50.2 Å². The summed E-state index contributed by atoms with van der Waals surface area (Å²) in [5, 5.41) is 3.56. The number of alkyl halides is 3. The second-order valence-corrected chi connectivity index (χ2v) is 12.0. The Morgan fingerprint density at radius 2 is 1.82 bits per heavy atom. The van der Waals surface area contributed by atoms with Gasteiger partial charge >= 0.3 is 6.18 Å². The van der Waals surface area contributed by atoms with E-state index in [1.54, 1.807) is 0 Å². The van der Waals surface area contributed by atoms with Gasteiger partial charge in [0.05, 0.1) is 16.3 Å². The van der Waals surface area contributed by atoms with Crippen LogP contribution in [-0.2, 0) is 16.2 Å². The van der Waals surface area contributed by atoms with E-state index in [2.05, 4.69) is 10.0 Å². The molecule has 1 fully saturated rings. The van der Waals surface area contributed by atoms with Crippen molar-refractivity contribution in [2.75, 3.05) is 17.8 Å². The first kappa shape index (κ1) is 25.1. The van der Waals surface area contributed by atoms with Crippen molar-refractivity contribution in [2.24, 2.45) is 0 Å². The zero-order valence-corrected chi connectivity index (χ0v) is 20.8. The SMILES string of the molecule is C[C@@]1(Oc2cc(NS(=O)(=O)c3cc(-c4ccc(C(F)(F)F)cc4)c(Cl)s3)ccc2Cl)CCNC1. The molecule has 5 nitrogen and oxygen atoms in total. The lowest BCUT2D eigenvalue weighted by molar-refractivity contribution is -0.137. The van der Waals surface area contributed by atoms with Gasteiger partial charge in [-0.05, 0) is 49.4 Å². The van der Waals surface area contributed by atoms with Crippen LogP contribution in [0.2, 0.25) is 9.36 Å². The number of nitrogens with one attached hydrogen (secondary N) is 2. The molecule has 0 unspecified atom stereocenters. The van der Waals surface area contributed by atoms with Crippen LogP contribution < -0.4 is 14.8 Å². The number of sulfonamides is 1. The summed E-state index contributed by atoms with van der Waals surface area (Å²) in [4.78, 5) is 0. The monoisotopic (exact) mass is 550 g/mol. The maximum atomic E-state index is 13.0. The summed E-state index contributed by atoms with van der Waals surface area (Å²) in [6.45, 7) is 3.39. The largest absolute Gasteiger partial charge is 0.485 e. The molecule has 1 aliphatic rings. The highest BCUT2D eigenvalue weighted by Gasteiger charge is 2.32. The van der Waals surface area contributed by atoms with Gasteiger partial charge in [0.25, 0.3) is 10.0 Å². The fourth-order valence-electron chi connectivity index (χ4n) is 3.51. The zero-order valence-electron chi connectivity index (χ0n) is 17.7. The summed E-state index contributed by atoms with van der Waals surface area (Å²) in [7, 11) is -4.03. The van der Waals surface area contributed by atoms with Crippen molar-refractivity contribution in [3.63, 3.8) is 0 Å². The first-order valence-corrected chi connectivity index (χ1v) is 13.1. The van der Waals surface area contributed by atoms with Gasteiger partial charge in [-0.3, -0.25) is 4.72 Å². The summed E-state index contributed by atoms with van der Waals surface area (Å²) in [5.41, 5.74) is -0.326. The van der Waals surface area contributed by atoms with Crippen LogP contribution in [0.3, 0.4) is 0 Å². The quantitative estimate of drug-likeness (QED) is 0.359. The highest BCUT2D eigenvalue weighted by atomic mass is 35.5. The fourth-order valence-corrected chi connectivity index (χ4v) is 6.48. The Kier molecular flexibility index (Phi) is 6.82. The third-order valence-electron chi connectivity index (χ3n) is 5.32. The van der Waals surface area contributed by atoms with Crippen LogP contribution in [-0.4, -0.2) is 27.1 Å². The number of benzene rings is 2. The number of hydrogen-bond acceptors (Lipinski definition) is 5. The van der Waals surface area contributed by atoms with Gasteiger partial charge in [-0.15, -0.1) is 11.3 Å². The van der Waals surface area contributed by atoms with Crippen molar-refractivity contribution in [1.82, 2.24) is 5.32 Å². The minimum Gasteiger partial charge on any atom is -0.485 e. The van der Waals surface area contributed by atoms with E-state index in [0.717, 1.165) is 36.4 Å². The molecule has 0 aliphatic carbocycles. The topological polar surface area (TPSA) is 67.4 Å². The first-order chi connectivity index (χ1) is 15.9. The molecule has 0 saturated carbocycles. The molecular formula is C22H19Cl2F3N2O3S2. The molecule has 1 saturated heterocycles. The predicted octanol–water partition coefficient (Wildman–Crippen LogP) is 6.67. The van der Waals surface area contributed by atoms with Gasteiger partial charge in [0, 0.05) is 24.6 Å². The third-order valence-corrected chi connectivity index (χ3v) is 8.85. The average Bonchev–Trinajstić information content (AvgIpc) is 3.36. The van der Waals surface area contributed by atoms with Crippen LogP contribution >= 0.6 is 34.5 Å². The molecular weight excluding hydrogens is 532 g/mol. The Balaban J connectivity index is 1.57. The molecule has 4 rings (SSSR count). The van der Waals surface area contributed by atoms with Gasteiger partial charge in [0.15, 0.2) is 0 Å². The van der Waals surface area contributed by atoms with Gasteiger partial charge in [-0.2, -0.15) is 13.2 Å². The molecule has 182 valence electrons. The molecule has 1 atom stereocenters. The van der Waals surface area contributed by atoms with Gasteiger partial charge in [0.2, 0.25) is 0 Å². The summed E-state index contributed by atoms with van der Waals surface area (Å²) in [6, 6.07) is 10.2. The lowest BCUT2D eigenvalue weighted by Gasteiger charge is -2.25. The van der Waals surface area contributed by atoms with E-state index < -0.39 is 27.4 Å². The van der Waals surface area contributed by atoms with Crippen LogP contribution in [0.15, 0.2) is 52.7 Å². The molecule has 0 radical (unpaired) electrons. The molecule has 2 aromatic carbocycles. The molecule has 0 amide bonds. The first-order valence-electron chi connectivity index (χ1n) is 10.1. The Labute approximate surface area is 208 Å². The second kappa shape index (κ2) is 9.23. The average molecular weight is 551 g/mol. The van der Waals surface area contributed by atoms with Crippen molar-refractivity contribution in [3.05, 3.63) is 63.5 Å². The molecule has 3 aromatic rings. The molecule has 1 aromatic heterocycles. The van der Waals surface area contributed by atoms with E-state index in [1.807, 2.05) is 6.92 Å². The maximum absolute atomic E-state index is 13.0. The van der Waals surface area contributed by atoms with E-state index in [4.69, 9.17) is 27.9 Å². The lowest BCUT2D eigenvalue weighted by Crippen LogP contribution is -2.34. The maximum Gasteiger partial charge on any atom is 0.416 e. The van der Waals surface area contributed by atoms with E-state index in [9.17, 15) is 21.6 Å². The van der Waals surface area contributed by atoms with Crippen LogP contribution in [0.4, 0.5) is 18.9 Å². The minimum atomic E-state index is -4.47. The Hall–Kier alpha value is -1.98. The number of anilines is 1. The van der Waals surface area contributed by atoms with Gasteiger partial charge in [-0.25, -0.2) is 8.42 Å². The number of rotatable bonds is 6. The summed E-state index contributed by atoms with van der Waals surface area (Å²) < 4.78 is 73.0.